The van der Waals surface area contributed by atoms with Gasteiger partial charge in [0.2, 0.25) is 0 Å². The van der Waals surface area contributed by atoms with Gasteiger partial charge in [0.05, 0.1) is 19.3 Å². The summed E-state index contributed by atoms with van der Waals surface area (Å²) >= 11 is 1.55. The van der Waals surface area contributed by atoms with Crippen molar-refractivity contribution in [1.29, 1.82) is 0 Å². The SMILES string of the molecule is Cc1csc(CNC(=O)N(C)Cc2cnn(C)c2)n1. The smallest absolute Gasteiger partial charge is 0.317 e. The first-order chi connectivity index (χ1) is 9.04. The molecule has 1 N–H and O–H groups in total. The molecule has 0 atom stereocenters. The average Bonchev–Trinajstić information content (AvgIpc) is 2.95. The monoisotopic (exact) mass is 279 g/mol. The molecule has 2 heterocycles. The second-order valence-corrected chi connectivity index (χ2v) is 5.36. The van der Waals surface area contributed by atoms with Gasteiger partial charge in [0.1, 0.15) is 5.01 Å². The predicted octanol–water partition coefficient (Wildman–Crippen LogP) is 1.53. The fraction of sp³-hybridized carbons (Fsp3) is 0.417. The number of hydrogen-bond acceptors (Lipinski definition) is 4. The number of thiazole rings is 1. The minimum absolute atomic E-state index is 0.114. The Hall–Kier alpha value is -1.89. The van der Waals surface area contributed by atoms with Crippen LogP contribution in [0.4, 0.5) is 4.79 Å². The van der Waals surface area contributed by atoms with E-state index in [4.69, 9.17) is 0 Å². The lowest BCUT2D eigenvalue weighted by Crippen LogP contribution is -2.36. The summed E-state index contributed by atoms with van der Waals surface area (Å²) in [5.41, 5.74) is 1.99. The van der Waals surface area contributed by atoms with Crippen molar-refractivity contribution in [2.75, 3.05) is 7.05 Å². The first-order valence-electron chi connectivity index (χ1n) is 5.92. The van der Waals surface area contributed by atoms with E-state index < -0.39 is 0 Å². The van der Waals surface area contributed by atoms with E-state index in [1.54, 1.807) is 34.2 Å². The third-order valence-electron chi connectivity index (χ3n) is 2.58. The number of urea groups is 1. The Labute approximate surface area is 116 Å². The summed E-state index contributed by atoms with van der Waals surface area (Å²) < 4.78 is 1.72. The molecular formula is C12H17N5OS. The van der Waals surface area contributed by atoms with Crippen LogP contribution in [0.2, 0.25) is 0 Å². The third-order valence-corrected chi connectivity index (χ3v) is 3.55. The number of hydrogen-bond donors (Lipinski definition) is 1. The summed E-state index contributed by atoms with van der Waals surface area (Å²) in [6.07, 6.45) is 3.65. The number of carbonyl (C=O) groups is 1. The van der Waals surface area contributed by atoms with E-state index in [0.717, 1.165) is 16.3 Å². The third kappa shape index (κ3) is 3.78. The van der Waals surface area contributed by atoms with Crippen LogP contribution in [0, 0.1) is 6.92 Å². The maximum atomic E-state index is 11.9. The quantitative estimate of drug-likeness (QED) is 0.923. The minimum Gasteiger partial charge on any atom is -0.331 e. The summed E-state index contributed by atoms with van der Waals surface area (Å²) in [7, 11) is 3.61. The number of amides is 2. The molecule has 6 nitrogen and oxygen atoms in total. The lowest BCUT2D eigenvalue weighted by molar-refractivity contribution is 0.206. The molecule has 0 aliphatic heterocycles. The van der Waals surface area contributed by atoms with E-state index in [9.17, 15) is 4.79 Å². The van der Waals surface area contributed by atoms with Crippen LogP contribution in [0.5, 0.6) is 0 Å². The Morgan fingerprint density at radius 1 is 1.58 bits per heavy atom. The summed E-state index contributed by atoms with van der Waals surface area (Å²) in [4.78, 5) is 17.8. The number of nitrogens with one attached hydrogen (secondary N) is 1. The minimum atomic E-state index is -0.114. The Balaban J connectivity index is 1.82. The van der Waals surface area contributed by atoms with Crippen LogP contribution in [-0.2, 0) is 20.1 Å². The fourth-order valence-electron chi connectivity index (χ4n) is 1.67. The van der Waals surface area contributed by atoms with Gasteiger partial charge in [0.15, 0.2) is 0 Å². The highest BCUT2D eigenvalue weighted by Gasteiger charge is 2.10. The van der Waals surface area contributed by atoms with Crippen molar-refractivity contribution in [3.05, 3.63) is 34.0 Å². The maximum absolute atomic E-state index is 11.9. The zero-order valence-electron chi connectivity index (χ0n) is 11.3. The first-order valence-corrected chi connectivity index (χ1v) is 6.80. The van der Waals surface area contributed by atoms with Crippen molar-refractivity contribution in [1.82, 2.24) is 25.0 Å². The van der Waals surface area contributed by atoms with Gasteiger partial charge in [-0.2, -0.15) is 5.10 Å². The van der Waals surface area contributed by atoms with Crippen LogP contribution in [0.25, 0.3) is 0 Å². The van der Waals surface area contributed by atoms with E-state index in [1.807, 2.05) is 25.5 Å². The molecule has 7 heteroatoms. The molecule has 2 aromatic rings. The zero-order chi connectivity index (χ0) is 13.8. The molecular weight excluding hydrogens is 262 g/mol. The molecule has 0 unspecified atom stereocenters. The molecule has 0 bridgehead atoms. The summed E-state index contributed by atoms with van der Waals surface area (Å²) in [6, 6.07) is -0.114. The largest absolute Gasteiger partial charge is 0.331 e. The van der Waals surface area contributed by atoms with E-state index in [2.05, 4.69) is 15.4 Å². The Bertz CT molecular complexity index is 562. The van der Waals surface area contributed by atoms with E-state index in [-0.39, 0.29) is 6.03 Å². The Kier molecular flexibility index (Phi) is 4.16. The van der Waals surface area contributed by atoms with Gasteiger partial charge in [-0.3, -0.25) is 4.68 Å². The molecule has 2 aromatic heterocycles. The van der Waals surface area contributed by atoms with Crippen LogP contribution < -0.4 is 5.32 Å². The van der Waals surface area contributed by atoms with Gasteiger partial charge in [0, 0.05) is 36.9 Å². The maximum Gasteiger partial charge on any atom is 0.317 e. The Morgan fingerprint density at radius 3 is 2.95 bits per heavy atom. The van der Waals surface area contributed by atoms with Crippen molar-refractivity contribution in [3.63, 3.8) is 0 Å². The molecule has 2 rings (SSSR count). The predicted molar refractivity (Wildman–Crippen MR) is 73.8 cm³/mol. The van der Waals surface area contributed by atoms with Crippen molar-refractivity contribution in [3.8, 4) is 0 Å². The number of nitrogens with zero attached hydrogens (tertiary/aromatic N) is 4. The lowest BCUT2D eigenvalue weighted by atomic mass is 10.3. The van der Waals surface area contributed by atoms with Crippen LogP contribution in [0.3, 0.4) is 0 Å². The van der Waals surface area contributed by atoms with Crippen LogP contribution in [-0.4, -0.2) is 32.7 Å². The fourth-order valence-corrected chi connectivity index (χ4v) is 2.38. The van der Waals surface area contributed by atoms with Crippen molar-refractivity contribution in [2.24, 2.45) is 7.05 Å². The van der Waals surface area contributed by atoms with Gasteiger partial charge in [-0.15, -0.1) is 11.3 Å². The Morgan fingerprint density at radius 2 is 2.37 bits per heavy atom. The molecule has 0 spiro atoms. The van der Waals surface area contributed by atoms with Gasteiger partial charge < -0.3 is 10.2 Å². The number of aromatic nitrogens is 3. The summed E-state index contributed by atoms with van der Waals surface area (Å²) in [6.45, 7) is 2.95. The van der Waals surface area contributed by atoms with Gasteiger partial charge in [-0.05, 0) is 6.92 Å². The van der Waals surface area contributed by atoms with Crippen molar-refractivity contribution >= 4 is 17.4 Å². The van der Waals surface area contributed by atoms with Gasteiger partial charge >= 0.3 is 6.03 Å². The van der Waals surface area contributed by atoms with Crippen molar-refractivity contribution < 1.29 is 4.79 Å². The van der Waals surface area contributed by atoms with E-state index in [1.165, 1.54) is 0 Å². The summed E-state index contributed by atoms with van der Waals surface area (Å²) in [5.74, 6) is 0. The topological polar surface area (TPSA) is 63.1 Å². The highest BCUT2D eigenvalue weighted by atomic mass is 32.1. The van der Waals surface area contributed by atoms with Crippen LogP contribution in [0.1, 0.15) is 16.3 Å². The highest BCUT2D eigenvalue weighted by molar-refractivity contribution is 7.09. The second kappa shape index (κ2) is 5.83. The first kappa shape index (κ1) is 13.5. The molecule has 0 aliphatic rings. The van der Waals surface area contributed by atoms with Crippen LogP contribution >= 0.6 is 11.3 Å². The molecule has 0 saturated carbocycles. The molecule has 0 aromatic carbocycles. The number of rotatable bonds is 4. The second-order valence-electron chi connectivity index (χ2n) is 4.42. The number of aryl methyl sites for hydroxylation is 2. The van der Waals surface area contributed by atoms with Gasteiger partial charge in [0.25, 0.3) is 0 Å². The van der Waals surface area contributed by atoms with Gasteiger partial charge in [-0.1, -0.05) is 0 Å². The number of carbonyl (C=O) groups excluding carboxylic acids is 1. The molecule has 0 aliphatic carbocycles. The summed E-state index contributed by atoms with van der Waals surface area (Å²) in [5, 5.41) is 9.81. The molecule has 19 heavy (non-hydrogen) atoms. The molecule has 0 radical (unpaired) electrons. The van der Waals surface area contributed by atoms with Crippen molar-refractivity contribution in [2.45, 2.75) is 20.0 Å². The normalized spacial score (nSPS) is 10.5. The van der Waals surface area contributed by atoms with Gasteiger partial charge in [-0.25, -0.2) is 9.78 Å². The molecule has 102 valence electrons. The van der Waals surface area contributed by atoms with E-state index >= 15 is 0 Å². The zero-order valence-corrected chi connectivity index (χ0v) is 12.1. The van der Waals surface area contributed by atoms with E-state index in [0.29, 0.717) is 13.1 Å². The standard InChI is InChI=1S/C12H17N5OS/c1-9-8-19-11(15-9)5-13-12(18)16(2)6-10-4-14-17(3)7-10/h4,7-8H,5-6H2,1-3H3,(H,13,18). The highest BCUT2D eigenvalue weighted by Crippen LogP contribution is 2.08. The lowest BCUT2D eigenvalue weighted by Gasteiger charge is -2.16. The molecule has 2 amide bonds. The molecule has 0 fully saturated rings. The molecule has 0 saturated heterocycles. The van der Waals surface area contributed by atoms with Crippen LogP contribution in [0.15, 0.2) is 17.8 Å². The average molecular weight is 279 g/mol.